The van der Waals surface area contributed by atoms with E-state index in [9.17, 15) is 14.7 Å². The third kappa shape index (κ3) is 3.58. The predicted octanol–water partition coefficient (Wildman–Crippen LogP) is 5.54. The van der Waals surface area contributed by atoms with Crippen LogP contribution in [0.5, 0.6) is 0 Å². The second-order valence-corrected chi connectivity index (χ2v) is 9.97. The molecular formula is C27H31NO4. The molecule has 0 aromatic heterocycles. The molecule has 2 fully saturated rings. The van der Waals surface area contributed by atoms with Crippen molar-refractivity contribution in [2.75, 3.05) is 19.7 Å². The molecule has 0 bridgehead atoms. The molecule has 1 spiro atoms. The molecule has 1 aliphatic heterocycles. The first-order chi connectivity index (χ1) is 15.5. The summed E-state index contributed by atoms with van der Waals surface area (Å²) >= 11 is 0. The standard InChI is InChI=1S/C27H31NO4/c1-18-7-6-13-27(14-12-18)17-28(15-24(27)25(29)30)26(31)32-16-23-21-10-4-2-8-19(21)20-9-3-5-11-22(20)23/h2-5,8-11,18,23-24H,6-7,12-17H2,1H3,(H,29,30). The molecule has 3 atom stereocenters. The van der Waals surface area contributed by atoms with Crippen LogP contribution < -0.4 is 0 Å². The maximum Gasteiger partial charge on any atom is 0.409 e. The minimum Gasteiger partial charge on any atom is -0.481 e. The van der Waals surface area contributed by atoms with Gasteiger partial charge in [-0.3, -0.25) is 4.79 Å². The number of rotatable bonds is 3. The number of amides is 1. The number of fused-ring (bicyclic) bond motifs is 3. The highest BCUT2D eigenvalue weighted by molar-refractivity contribution is 5.79. The lowest BCUT2D eigenvalue weighted by molar-refractivity contribution is -0.145. The second kappa shape index (κ2) is 8.27. The summed E-state index contributed by atoms with van der Waals surface area (Å²) in [7, 11) is 0. The molecule has 0 radical (unpaired) electrons. The molecule has 168 valence electrons. The summed E-state index contributed by atoms with van der Waals surface area (Å²) in [5, 5.41) is 9.93. The van der Waals surface area contributed by atoms with E-state index in [-0.39, 0.29) is 30.6 Å². The van der Waals surface area contributed by atoms with E-state index in [4.69, 9.17) is 4.74 Å². The Labute approximate surface area is 189 Å². The first-order valence-electron chi connectivity index (χ1n) is 11.8. The Morgan fingerprint density at radius 3 is 2.34 bits per heavy atom. The molecule has 3 aliphatic rings. The number of nitrogens with zero attached hydrogens (tertiary/aromatic N) is 1. The van der Waals surface area contributed by atoms with Crippen LogP contribution in [0.1, 0.15) is 56.1 Å². The maximum absolute atomic E-state index is 13.1. The van der Waals surface area contributed by atoms with Crippen molar-refractivity contribution in [2.24, 2.45) is 17.3 Å². The van der Waals surface area contributed by atoms with Crippen molar-refractivity contribution < 1.29 is 19.4 Å². The van der Waals surface area contributed by atoms with Crippen molar-refractivity contribution >= 4 is 12.1 Å². The fourth-order valence-corrected chi connectivity index (χ4v) is 6.25. The van der Waals surface area contributed by atoms with Crippen molar-refractivity contribution in [2.45, 2.75) is 44.9 Å². The van der Waals surface area contributed by atoms with Gasteiger partial charge < -0.3 is 14.7 Å². The van der Waals surface area contributed by atoms with Crippen LogP contribution in [-0.2, 0) is 9.53 Å². The van der Waals surface area contributed by atoms with Gasteiger partial charge in [-0.1, -0.05) is 74.7 Å². The Morgan fingerprint density at radius 1 is 1.03 bits per heavy atom. The predicted molar refractivity (Wildman–Crippen MR) is 122 cm³/mol. The van der Waals surface area contributed by atoms with Gasteiger partial charge >= 0.3 is 12.1 Å². The highest BCUT2D eigenvalue weighted by Crippen LogP contribution is 2.48. The van der Waals surface area contributed by atoms with E-state index in [0.717, 1.165) is 32.1 Å². The van der Waals surface area contributed by atoms with Gasteiger partial charge in [-0.2, -0.15) is 0 Å². The van der Waals surface area contributed by atoms with Crippen LogP contribution in [-0.4, -0.2) is 41.8 Å². The van der Waals surface area contributed by atoms with Crippen molar-refractivity contribution in [3.63, 3.8) is 0 Å². The van der Waals surface area contributed by atoms with E-state index in [1.54, 1.807) is 4.90 Å². The van der Waals surface area contributed by atoms with E-state index in [1.165, 1.54) is 22.3 Å². The molecule has 1 heterocycles. The summed E-state index contributed by atoms with van der Waals surface area (Å²) in [6, 6.07) is 16.6. The van der Waals surface area contributed by atoms with Gasteiger partial charge in [0.05, 0.1) is 5.92 Å². The van der Waals surface area contributed by atoms with Gasteiger partial charge in [0.2, 0.25) is 0 Å². The Hall–Kier alpha value is -2.82. The summed E-state index contributed by atoms with van der Waals surface area (Å²) in [6.07, 6.45) is 4.57. The van der Waals surface area contributed by atoms with E-state index < -0.39 is 11.9 Å². The van der Waals surface area contributed by atoms with Crippen molar-refractivity contribution in [1.82, 2.24) is 4.90 Å². The zero-order valence-corrected chi connectivity index (χ0v) is 18.6. The monoisotopic (exact) mass is 433 g/mol. The lowest BCUT2D eigenvalue weighted by atomic mass is 9.72. The Morgan fingerprint density at radius 2 is 1.69 bits per heavy atom. The van der Waals surface area contributed by atoms with Gasteiger partial charge in [0.1, 0.15) is 6.61 Å². The molecule has 2 aliphatic carbocycles. The molecule has 1 saturated carbocycles. The number of carboxylic acid groups (broad SMARTS) is 1. The summed E-state index contributed by atoms with van der Waals surface area (Å²) in [5.41, 5.74) is 4.44. The van der Waals surface area contributed by atoms with Gasteiger partial charge in [0.15, 0.2) is 0 Å². The Bertz CT molecular complexity index is 988. The summed E-state index contributed by atoms with van der Waals surface area (Å²) in [4.78, 5) is 26.8. The normalized spacial score (nSPS) is 27.1. The molecule has 5 nitrogen and oxygen atoms in total. The topological polar surface area (TPSA) is 66.8 Å². The van der Waals surface area contributed by atoms with Crippen LogP contribution in [0.25, 0.3) is 11.1 Å². The zero-order chi connectivity index (χ0) is 22.3. The molecular weight excluding hydrogens is 402 g/mol. The van der Waals surface area contributed by atoms with Crippen LogP contribution in [0, 0.1) is 17.3 Å². The van der Waals surface area contributed by atoms with Crippen LogP contribution in [0.2, 0.25) is 0 Å². The number of carboxylic acids is 1. The van der Waals surface area contributed by atoms with Crippen molar-refractivity contribution in [3.05, 3.63) is 59.7 Å². The number of ether oxygens (including phenoxy) is 1. The highest BCUT2D eigenvalue weighted by atomic mass is 16.6. The number of aliphatic carboxylic acids is 1. The number of likely N-dealkylation sites (tertiary alicyclic amines) is 1. The first-order valence-corrected chi connectivity index (χ1v) is 11.8. The Balaban J connectivity index is 1.31. The average Bonchev–Trinajstić information content (AvgIpc) is 3.26. The smallest absolute Gasteiger partial charge is 0.409 e. The van der Waals surface area contributed by atoms with Gasteiger partial charge in [-0.25, -0.2) is 4.79 Å². The van der Waals surface area contributed by atoms with Gasteiger partial charge in [-0.15, -0.1) is 0 Å². The third-order valence-corrected chi connectivity index (χ3v) is 8.05. The summed E-state index contributed by atoms with van der Waals surface area (Å²) in [6.45, 7) is 3.26. The molecule has 2 aromatic carbocycles. The van der Waals surface area contributed by atoms with Crippen LogP contribution >= 0.6 is 0 Å². The minimum absolute atomic E-state index is 0.0110. The number of hydrogen-bond donors (Lipinski definition) is 1. The van der Waals surface area contributed by atoms with E-state index in [0.29, 0.717) is 12.5 Å². The fourth-order valence-electron chi connectivity index (χ4n) is 6.25. The SMILES string of the molecule is CC1CCCC2(CC1)CN(C(=O)OCC1c3ccccc3-c3ccccc31)CC2C(=O)O. The fraction of sp³-hybridized carbons (Fsp3) is 0.481. The summed E-state index contributed by atoms with van der Waals surface area (Å²) < 4.78 is 5.83. The van der Waals surface area contributed by atoms with E-state index >= 15 is 0 Å². The average molecular weight is 434 g/mol. The number of carbonyl (C=O) groups is 2. The molecule has 1 N–H and O–H groups in total. The highest BCUT2D eigenvalue weighted by Gasteiger charge is 2.52. The van der Waals surface area contributed by atoms with E-state index in [2.05, 4.69) is 31.2 Å². The third-order valence-electron chi connectivity index (χ3n) is 8.05. The van der Waals surface area contributed by atoms with Gasteiger partial charge in [0.25, 0.3) is 0 Å². The van der Waals surface area contributed by atoms with E-state index in [1.807, 2.05) is 24.3 Å². The second-order valence-electron chi connectivity index (χ2n) is 9.97. The van der Waals surface area contributed by atoms with Crippen molar-refractivity contribution in [3.8, 4) is 11.1 Å². The zero-order valence-electron chi connectivity index (χ0n) is 18.6. The van der Waals surface area contributed by atoms with Crippen LogP contribution in [0.15, 0.2) is 48.5 Å². The summed E-state index contributed by atoms with van der Waals surface area (Å²) in [5.74, 6) is -0.661. The van der Waals surface area contributed by atoms with Gasteiger partial charge in [0, 0.05) is 24.4 Å². The quantitative estimate of drug-likeness (QED) is 0.690. The lowest BCUT2D eigenvalue weighted by Gasteiger charge is -2.31. The number of carbonyl (C=O) groups excluding carboxylic acids is 1. The minimum atomic E-state index is -0.784. The van der Waals surface area contributed by atoms with Crippen LogP contribution in [0.4, 0.5) is 4.79 Å². The molecule has 3 unspecified atom stereocenters. The first kappa shape index (κ1) is 21.0. The van der Waals surface area contributed by atoms with Gasteiger partial charge in [-0.05, 0) is 41.0 Å². The molecule has 1 saturated heterocycles. The van der Waals surface area contributed by atoms with Crippen molar-refractivity contribution in [1.29, 1.82) is 0 Å². The largest absolute Gasteiger partial charge is 0.481 e. The molecule has 2 aromatic rings. The number of hydrogen-bond acceptors (Lipinski definition) is 3. The Kier molecular flexibility index (Phi) is 5.44. The number of benzene rings is 2. The molecule has 32 heavy (non-hydrogen) atoms. The molecule has 5 rings (SSSR count). The maximum atomic E-state index is 13.1. The molecule has 1 amide bonds. The van der Waals surface area contributed by atoms with Crippen LogP contribution in [0.3, 0.4) is 0 Å². The lowest BCUT2D eigenvalue weighted by Crippen LogP contribution is -2.35. The molecule has 5 heteroatoms.